The van der Waals surface area contributed by atoms with Crippen LogP contribution in [0.3, 0.4) is 0 Å². The van der Waals surface area contributed by atoms with Gasteiger partial charge in [-0.05, 0) is 42.9 Å². The van der Waals surface area contributed by atoms with Crippen LogP contribution < -0.4 is 16.4 Å². The van der Waals surface area contributed by atoms with Gasteiger partial charge in [0.15, 0.2) is 0 Å². The highest BCUT2D eigenvalue weighted by molar-refractivity contribution is 7.80. The molecule has 1 aromatic carbocycles. The van der Waals surface area contributed by atoms with Crippen LogP contribution in [0.5, 0.6) is 5.75 Å². The Labute approximate surface area is 204 Å². The van der Waals surface area contributed by atoms with Gasteiger partial charge in [0.1, 0.15) is 23.9 Å². The number of carbonyl (C=O) groups excluding carboxylic acids is 3. The highest BCUT2D eigenvalue weighted by atomic mass is 32.1. The van der Waals surface area contributed by atoms with Crippen LogP contribution in [0, 0.1) is 5.92 Å². The topological polar surface area (TPSA) is 162 Å². The van der Waals surface area contributed by atoms with Crippen LogP contribution in [-0.2, 0) is 25.6 Å². The van der Waals surface area contributed by atoms with Gasteiger partial charge in [0.05, 0.1) is 6.04 Å². The summed E-state index contributed by atoms with van der Waals surface area (Å²) in [5.41, 5.74) is 6.43. The summed E-state index contributed by atoms with van der Waals surface area (Å²) in [6.07, 6.45) is 1.35. The number of phenols is 1. The third-order valence-electron chi connectivity index (χ3n) is 5.69. The van der Waals surface area contributed by atoms with Gasteiger partial charge in [-0.2, -0.15) is 12.6 Å². The third kappa shape index (κ3) is 7.63. The molecule has 1 aliphatic heterocycles. The molecule has 1 saturated heterocycles. The molecular formula is C23H34N4O6S. The van der Waals surface area contributed by atoms with Crippen molar-refractivity contribution in [2.24, 2.45) is 11.7 Å². The van der Waals surface area contributed by atoms with Crippen LogP contribution in [0.4, 0.5) is 0 Å². The van der Waals surface area contributed by atoms with Crippen LogP contribution in [-0.4, -0.2) is 75.3 Å². The quantitative estimate of drug-likeness (QED) is 0.241. The minimum Gasteiger partial charge on any atom is -0.508 e. The zero-order valence-corrected chi connectivity index (χ0v) is 20.3. The second-order valence-corrected chi connectivity index (χ2v) is 9.30. The van der Waals surface area contributed by atoms with E-state index in [1.165, 1.54) is 17.0 Å². The van der Waals surface area contributed by atoms with E-state index in [0.717, 1.165) is 0 Å². The number of carbonyl (C=O) groups is 4. The van der Waals surface area contributed by atoms with Crippen molar-refractivity contribution in [2.45, 2.75) is 63.7 Å². The first kappa shape index (κ1) is 27.5. The van der Waals surface area contributed by atoms with Crippen molar-refractivity contribution < 1.29 is 29.4 Å². The number of rotatable bonds is 11. The molecule has 1 aliphatic rings. The van der Waals surface area contributed by atoms with Crippen molar-refractivity contribution in [3.05, 3.63) is 29.8 Å². The van der Waals surface area contributed by atoms with Crippen LogP contribution in [0.1, 0.15) is 38.7 Å². The number of carboxylic acid groups (broad SMARTS) is 1. The summed E-state index contributed by atoms with van der Waals surface area (Å²) in [5, 5.41) is 24.3. The van der Waals surface area contributed by atoms with Gasteiger partial charge in [0, 0.05) is 18.7 Å². The Hall–Kier alpha value is -2.79. The van der Waals surface area contributed by atoms with Gasteiger partial charge < -0.3 is 31.5 Å². The van der Waals surface area contributed by atoms with Crippen molar-refractivity contribution in [1.82, 2.24) is 15.5 Å². The molecule has 4 unspecified atom stereocenters. The maximum absolute atomic E-state index is 13.3. The van der Waals surface area contributed by atoms with Crippen molar-refractivity contribution >= 4 is 36.3 Å². The number of aliphatic carboxylic acids is 1. The van der Waals surface area contributed by atoms with Crippen LogP contribution in [0.15, 0.2) is 24.3 Å². The molecule has 11 heteroatoms. The Bertz CT molecular complexity index is 879. The summed E-state index contributed by atoms with van der Waals surface area (Å²) >= 11 is 4.02. The Balaban J connectivity index is 2.24. The summed E-state index contributed by atoms with van der Waals surface area (Å²) in [4.78, 5) is 51.8. The number of amides is 3. The predicted octanol–water partition coefficient (Wildman–Crippen LogP) is 0.283. The monoisotopic (exact) mass is 494 g/mol. The number of thiol groups is 1. The molecule has 6 N–H and O–H groups in total. The van der Waals surface area contributed by atoms with Gasteiger partial charge in [0.2, 0.25) is 17.7 Å². The average molecular weight is 495 g/mol. The number of hydrogen-bond acceptors (Lipinski definition) is 7. The van der Waals surface area contributed by atoms with Crippen molar-refractivity contribution in [3.63, 3.8) is 0 Å². The van der Waals surface area contributed by atoms with E-state index in [4.69, 9.17) is 5.73 Å². The van der Waals surface area contributed by atoms with E-state index < -0.39 is 47.9 Å². The Morgan fingerprint density at radius 1 is 1.12 bits per heavy atom. The fraction of sp³-hybridized carbons (Fsp3) is 0.565. The van der Waals surface area contributed by atoms with Gasteiger partial charge in [0.25, 0.3) is 0 Å². The zero-order chi connectivity index (χ0) is 25.4. The molecule has 0 aromatic heterocycles. The SMILES string of the molecule is CC(C)CC(NC(=O)C(Cc1ccc(O)cc1)NC(=O)C(N)CS)C(=O)N1CCCC1C(=O)O. The minimum atomic E-state index is -1.07. The van der Waals surface area contributed by atoms with E-state index in [-0.39, 0.29) is 23.8 Å². The molecule has 0 radical (unpaired) electrons. The molecule has 0 bridgehead atoms. The lowest BCUT2D eigenvalue weighted by atomic mass is 10.00. The molecule has 1 fully saturated rings. The van der Waals surface area contributed by atoms with E-state index >= 15 is 0 Å². The zero-order valence-electron chi connectivity index (χ0n) is 19.4. The third-order valence-corrected chi connectivity index (χ3v) is 6.08. The number of benzene rings is 1. The van der Waals surface area contributed by atoms with E-state index in [0.29, 0.717) is 31.4 Å². The highest BCUT2D eigenvalue weighted by Gasteiger charge is 2.38. The first-order valence-corrected chi connectivity index (χ1v) is 11.9. The molecule has 3 amide bonds. The molecule has 1 aromatic rings. The summed E-state index contributed by atoms with van der Waals surface area (Å²) in [7, 11) is 0. The van der Waals surface area contributed by atoms with Gasteiger partial charge >= 0.3 is 5.97 Å². The molecule has 1 heterocycles. The normalized spacial score (nSPS) is 18.3. The number of likely N-dealkylation sites (tertiary alicyclic amines) is 1. The van der Waals surface area contributed by atoms with E-state index in [1.54, 1.807) is 12.1 Å². The average Bonchev–Trinajstić information content (AvgIpc) is 3.28. The smallest absolute Gasteiger partial charge is 0.326 e. The first-order chi connectivity index (χ1) is 16.0. The van der Waals surface area contributed by atoms with Gasteiger partial charge in [-0.1, -0.05) is 26.0 Å². The lowest BCUT2D eigenvalue weighted by Crippen LogP contribution is -2.58. The molecular weight excluding hydrogens is 460 g/mol. The molecule has 4 atom stereocenters. The summed E-state index contributed by atoms with van der Waals surface area (Å²) in [6, 6.07) is 2.36. The maximum atomic E-state index is 13.3. The lowest BCUT2D eigenvalue weighted by molar-refractivity contribution is -0.149. The summed E-state index contributed by atoms with van der Waals surface area (Å²) < 4.78 is 0. The molecule has 0 spiro atoms. The number of carboxylic acids is 1. The van der Waals surface area contributed by atoms with Crippen LogP contribution in [0.25, 0.3) is 0 Å². The Morgan fingerprint density at radius 3 is 2.29 bits per heavy atom. The molecule has 0 aliphatic carbocycles. The minimum absolute atomic E-state index is 0.0443. The van der Waals surface area contributed by atoms with E-state index in [2.05, 4.69) is 23.3 Å². The van der Waals surface area contributed by atoms with Crippen LogP contribution in [0.2, 0.25) is 0 Å². The number of aromatic hydroxyl groups is 1. The molecule has 34 heavy (non-hydrogen) atoms. The van der Waals surface area contributed by atoms with Crippen molar-refractivity contribution in [1.29, 1.82) is 0 Å². The largest absolute Gasteiger partial charge is 0.508 e. The number of nitrogens with two attached hydrogens (primary N) is 1. The molecule has 2 rings (SSSR count). The van der Waals surface area contributed by atoms with E-state index in [9.17, 15) is 29.4 Å². The summed E-state index contributed by atoms with van der Waals surface area (Å²) in [5.74, 6) is -2.48. The van der Waals surface area contributed by atoms with E-state index in [1.807, 2.05) is 13.8 Å². The highest BCUT2D eigenvalue weighted by Crippen LogP contribution is 2.20. The molecule has 0 saturated carbocycles. The second-order valence-electron chi connectivity index (χ2n) is 8.94. The van der Waals surface area contributed by atoms with Crippen molar-refractivity contribution in [2.75, 3.05) is 12.3 Å². The number of hydrogen-bond donors (Lipinski definition) is 6. The van der Waals surface area contributed by atoms with Crippen molar-refractivity contribution in [3.8, 4) is 5.75 Å². The fourth-order valence-corrected chi connectivity index (χ4v) is 4.06. The van der Waals surface area contributed by atoms with Gasteiger partial charge in [-0.25, -0.2) is 4.79 Å². The number of nitrogens with zero attached hydrogens (tertiary/aromatic N) is 1. The summed E-state index contributed by atoms with van der Waals surface area (Å²) in [6.45, 7) is 4.10. The standard InChI is InChI=1S/C23H34N4O6S/c1-13(2)10-18(22(31)27-9-3-4-19(27)23(32)33)26-21(30)17(25-20(29)16(24)12-34)11-14-5-7-15(28)8-6-14/h5-8,13,16-19,28,34H,3-4,9-12,24H2,1-2H3,(H,25,29)(H,26,30)(H,32,33). The lowest BCUT2D eigenvalue weighted by Gasteiger charge is -2.29. The molecule has 188 valence electrons. The Morgan fingerprint density at radius 2 is 1.74 bits per heavy atom. The Kier molecular flexibility index (Phi) is 10.2. The predicted molar refractivity (Wildman–Crippen MR) is 129 cm³/mol. The fourth-order valence-electron chi connectivity index (χ4n) is 3.89. The van der Waals surface area contributed by atoms with Gasteiger partial charge in [-0.15, -0.1) is 0 Å². The second kappa shape index (κ2) is 12.6. The first-order valence-electron chi connectivity index (χ1n) is 11.3. The number of phenolic OH excluding ortho intramolecular Hbond substituents is 1. The maximum Gasteiger partial charge on any atom is 0.326 e. The van der Waals surface area contributed by atoms with Crippen LogP contribution >= 0.6 is 12.6 Å². The number of nitrogens with one attached hydrogen (secondary N) is 2. The van der Waals surface area contributed by atoms with Gasteiger partial charge in [-0.3, -0.25) is 14.4 Å². The molecule has 10 nitrogen and oxygen atoms in total.